The summed E-state index contributed by atoms with van der Waals surface area (Å²) < 4.78 is 31.9. The van der Waals surface area contributed by atoms with Crippen LogP contribution < -0.4 is 5.32 Å². The summed E-state index contributed by atoms with van der Waals surface area (Å²) in [7, 11) is -3.34. The van der Waals surface area contributed by atoms with Crippen LogP contribution in [0, 0.1) is 10.1 Å². The van der Waals surface area contributed by atoms with Gasteiger partial charge in [-0.15, -0.1) is 24.0 Å². The average molecular weight is 569 g/mol. The van der Waals surface area contributed by atoms with Gasteiger partial charge in [0.25, 0.3) is 5.69 Å². The van der Waals surface area contributed by atoms with Gasteiger partial charge in [0.15, 0.2) is 5.96 Å². The summed E-state index contributed by atoms with van der Waals surface area (Å²) in [5.41, 5.74) is 0.910. The van der Waals surface area contributed by atoms with Crippen LogP contribution in [-0.2, 0) is 21.3 Å². The minimum absolute atomic E-state index is 0. The summed E-state index contributed by atoms with van der Waals surface area (Å²) in [6.07, 6.45) is 0.00619. The molecule has 1 heterocycles. The molecule has 1 aromatic carbocycles. The Morgan fingerprint density at radius 3 is 2.35 bits per heavy atom. The first kappa shape index (κ1) is 27.5. The molecule has 1 aliphatic heterocycles. The third-order valence-electron chi connectivity index (χ3n) is 4.62. The molecule has 0 atom stereocenters. The number of piperazine rings is 1. The van der Waals surface area contributed by atoms with E-state index in [2.05, 4.69) is 10.3 Å². The number of aliphatic imine (C=N–C) groups is 1. The van der Waals surface area contributed by atoms with Gasteiger partial charge in [-0.1, -0.05) is 12.1 Å². The van der Waals surface area contributed by atoms with E-state index in [0.717, 1.165) is 5.56 Å². The highest BCUT2D eigenvalue weighted by molar-refractivity contribution is 14.0. The van der Waals surface area contributed by atoms with Crippen LogP contribution in [-0.4, -0.2) is 79.7 Å². The number of benzene rings is 1. The molecule has 10 nitrogen and oxygen atoms in total. The zero-order valence-electron chi connectivity index (χ0n) is 18.2. The maximum absolute atomic E-state index is 12.5. The highest BCUT2D eigenvalue weighted by Gasteiger charge is 2.28. The van der Waals surface area contributed by atoms with Gasteiger partial charge in [-0.25, -0.2) is 13.4 Å². The molecule has 1 fully saturated rings. The molecule has 0 bridgehead atoms. The Bertz CT molecular complexity index is 825. The van der Waals surface area contributed by atoms with Crippen LogP contribution in [0.1, 0.15) is 26.3 Å². The molecule has 0 radical (unpaired) electrons. The monoisotopic (exact) mass is 569 g/mol. The Balaban J connectivity index is 0.00000480. The molecule has 0 unspecified atom stereocenters. The number of nitrogens with one attached hydrogen (secondary N) is 1. The summed E-state index contributed by atoms with van der Waals surface area (Å²) in [6, 6.07) is 6.30. The summed E-state index contributed by atoms with van der Waals surface area (Å²) in [5.74, 6) is 0.690. The van der Waals surface area contributed by atoms with Crippen molar-refractivity contribution in [3.63, 3.8) is 0 Å². The van der Waals surface area contributed by atoms with E-state index >= 15 is 0 Å². The fourth-order valence-corrected chi connectivity index (χ4v) is 4.30. The fourth-order valence-electron chi connectivity index (χ4n) is 3.01. The van der Waals surface area contributed by atoms with Crippen LogP contribution in [0.5, 0.6) is 0 Å². The predicted octanol–water partition coefficient (Wildman–Crippen LogP) is 2.05. The van der Waals surface area contributed by atoms with Gasteiger partial charge in [0.2, 0.25) is 10.0 Å². The number of halogens is 1. The van der Waals surface area contributed by atoms with E-state index in [4.69, 9.17) is 4.74 Å². The molecule has 0 spiro atoms. The summed E-state index contributed by atoms with van der Waals surface area (Å²) >= 11 is 0. The molecule has 176 valence electrons. The Kier molecular flexibility index (Phi) is 11.7. The van der Waals surface area contributed by atoms with E-state index in [-0.39, 0.29) is 48.1 Å². The lowest BCUT2D eigenvalue weighted by atomic mass is 10.2. The zero-order valence-corrected chi connectivity index (χ0v) is 21.3. The van der Waals surface area contributed by atoms with Crippen molar-refractivity contribution in [1.29, 1.82) is 0 Å². The maximum atomic E-state index is 12.5. The zero-order chi connectivity index (χ0) is 22.1. The number of nitrogens with zero attached hydrogens (tertiary/aromatic N) is 4. The largest absolute Gasteiger partial charge is 0.378 e. The van der Waals surface area contributed by atoms with Crippen LogP contribution in [0.2, 0.25) is 0 Å². The minimum Gasteiger partial charge on any atom is -0.378 e. The third kappa shape index (κ3) is 8.86. The van der Waals surface area contributed by atoms with Gasteiger partial charge in [-0.2, -0.15) is 4.31 Å². The molecule has 1 aliphatic rings. The lowest BCUT2D eigenvalue weighted by molar-refractivity contribution is -0.384. The first-order valence-corrected chi connectivity index (χ1v) is 11.7. The Morgan fingerprint density at radius 2 is 1.84 bits per heavy atom. The number of hydrogen-bond donors (Lipinski definition) is 1. The van der Waals surface area contributed by atoms with Gasteiger partial charge in [-0.05, 0) is 26.3 Å². The molecule has 12 heteroatoms. The van der Waals surface area contributed by atoms with Crippen molar-refractivity contribution in [3.05, 3.63) is 39.9 Å². The third-order valence-corrected chi connectivity index (χ3v) is 6.45. The van der Waals surface area contributed by atoms with Crippen LogP contribution in [0.4, 0.5) is 5.69 Å². The molecule has 31 heavy (non-hydrogen) atoms. The van der Waals surface area contributed by atoms with E-state index in [0.29, 0.717) is 45.2 Å². The predicted molar refractivity (Wildman–Crippen MR) is 131 cm³/mol. The second-order valence-corrected chi connectivity index (χ2v) is 9.30. The van der Waals surface area contributed by atoms with E-state index in [9.17, 15) is 18.5 Å². The Labute approximate surface area is 201 Å². The molecule has 0 aromatic heterocycles. The molecular formula is C19H32IN5O5S. The number of nitro groups is 1. The van der Waals surface area contributed by atoms with E-state index < -0.39 is 14.9 Å². The second-order valence-electron chi connectivity index (χ2n) is 7.22. The normalized spacial score (nSPS) is 15.6. The second kappa shape index (κ2) is 13.1. The highest BCUT2D eigenvalue weighted by Crippen LogP contribution is 2.13. The lowest BCUT2D eigenvalue weighted by Gasteiger charge is -2.36. The van der Waals surface area contributed by atoms with Gasteiger partial charge >= 0.3 is 0 Å². The molecule has 0 amide bonds. The molecule has 0 saturated carbocycles. The minimum atomic E-state index is -3.34. The maximum Gasteiger partial charge on any atom is 0.269 e. The van der Waals surface area contributed by atoms with Gasteiger partial charge in [0.05, 0.1) is 29.9 Å². The van der Waals surface area contributed by atoms with Crippen molar-refractivity contribution in [1.82, 2.24) is 14.5 Å². The van der Waals surface area contributed by atoms with Crippen LogP contribution in [0.3, 0.4) is 0 Å². The molecular weight excluding hydrogens is 537 g/mol. The number of nitro benzene ring substituents is 1. The first-order chi connectivity index (χ1) is 14.2. The van der Waals surface area contributed by atoms with Crippen molar-refractivity contribution >= 4 is 45.6 Å². The van der Waals surface area contributed by atoms with Crippen LogP contribution in [0.25, 0.3) is 0 Å². The van der Waals surface area contributed by atoms with Crippen LogP contribution >= 0.6 is 24.0 Å². The van der Waals surface area contributed by atoms with Crippen molar-refractivity contribution < 1.29 is 18.1 Å². The van der Waals surface area contributed by atoms with Crippen molar-refractivity contribution in [2.75, 3.05) is 45.1 Å². The van der Waals surface area contributed by atoms with Gasteiger partial charge in [0, 0.05) is 44.9 Å². The summed E-state index contributed by atoms with van der Waals surface area (Å²) in [4.78, 5) is 17.0. The average Bonchev–Trinajstić information content (AvgIpc) is 2.71. The molecule has 0 aliphatic carbocycles. The SMILES string of the molecule is CCNC(=NCc1ccc([N+](=O)[O-])cc1)N1CCN(S(=O)(=O)CCOC(C)C)CC1.I. The molecule has 1 N–H and O–H groups in total. The highest BCUT2D eigenvalue weighted by atomic mass is 127. The quantitative estimate of drug-likeness (QED) is 0.159. The summed E-state index contributed by atoms with van der Waals surface area (Å²) in [6.45, 7) is 8.85. The standard InChI is InChI=1S/C19H31N5O5S.HI/c1-4-20-19(21-15-17-5-7-18(8-6-17)24(25)26)22-9-11-23(12-10-22)30(27,28)14-13-29-16(2)3;/h5-8,16H,4,9-15H2,1-3H3,(H,20,21);1H. The first-order valence-electron chi connectivity index (χ1n) is 10.1. The van der Waals surface area contributed by atoms with Crippen molar-refractivity contribution in [3.8, 4) is 0 Å². The van der Waals surface area contributed by atoms with Crippen molar-refractivity contribution in [2.45, 2.75) is 33.4 Å². The van der Waals surface area contributed by atoms with Gasteiger partial charge in [0.1, 0.15) is 0 Å². The van der Waals surface area contributed by atoms with E-state index in [1.165, 1.54) is 16.4 Å². The molecule has 1 aromatic rings. The van der Waals surface area contributed by atoms with Gasteiger partial charge < -0.3 is 15.0 Å². The smallest absolute Gasteiger partial charge is 0.269 e. The number of non-ortho nitro benzene ring substituents is 1. The number of sulfonamides is 1. The number of hydrogen-bond acceptors (Lipinski definition) is 6. The topological polar surface area (TPSA) is 117 Å². The van der Waals surface area contributed by atoms with Crippen molar-refractivity contribution in [2.24, 2.45) is 4.99 Å². The Hall–Kier alpha value is -1.51. The molecule has 1 saturated heterocycles. The number of rotatable bonds is 9. The Morgan fingerprint density at radius 1 is 1.23 bits per heavy atom. The number of guanidine groups is 1. The van der Waals surface area contributed by atoms with Gasteiger partial charge in [-0.3, -0.25) is 10.1 Å². The summed E-state index contributed by atoms with van der Waals surface area (Å²) in [5, 5.41) is 14.0. The number of ether oxygens (including phenoxy) is 1. The van der Waals surface area contributed by atoms with Crippen LogP contribution in [0.15, 0.2) is 29.3 Å². The van der Waals surface area contributed by atoms with E-state index in [1.54, 1.807) is 12.1 Å². The lowest BCUT2D eigenvalue weighted by Crippen LogP contribution is -2.54. The molecule has 2 rings (SSSR count). The van der Waals surface area contributed by atoms with E-state index in [1.807, 2.05) is 25.7 Å². The fraction of sp³-hybridized carbons (Fsp3) is 0.632.